The van der Waals surface area contributed by atoms with Gasteiger partial charge in [0.15, 0.2) is 0 Å². The van der Waals surface area contributed by atoms with Crippen LogP contribution in [-0.2, 0) is 0 Å². The van der Waals surface area contributed by atoms with Crippen LogP contribution >= 0.6 is 27.7 Å². The van der Waals surface area contributed by atoms with Crippen LogP contribution in [0.1, 0.15) is 12.8 Å². The third-order valence-electron chi connectivity index (χ3n) is 2.55. The lowest BCUT2D eigenvalue weighted by molar-refractivity contribution is 0.531. The summed E-state index contributed by atoms with van der Waals surface area (Å²) in [6.45, 7) is 2.27. The van der Waals surface area contributed by atoms with Gasteiger partial charge in [-0.15, -0.1) is 11.8 Å². The highest BCUT2D eigenvalue weighted by molar-refractivity contribution is 9.10. The van der Waals surface area contributed by atoms with Crippen LogP contribution in [0.25, 0.3) is 0 Å². The molecule has 1 aromatic carbocycles. The summed E-state index contributed by atoms with van der Waals surface area (Å²) in [6, 6.07) is 6.13. The zero-order chi connectivity index (χ0) is 10.7. The monoisotopic (exact) mass is 286 g/mol. The van der Waals surface area contributed by atoms with Gasteiger partial charge >= 0.3 is 0 Å². The van der Waals surface area contributed by atoms with Crippen molar-refractivity contribution in [3.63, 3.8) is 0 Å². The molecule has 0 saturated carbocycles. The molecular formula is C11H15BrN2S. The second kappa shape index (κ2) is 5.23. The average molecular weight is 287 g/mol. The summed E-state index contributed by atoms with van der Waals surface area (Å²) in [7, 11) is 0. The SMILES string of the molecule is Nc1cc(Br)ccc1SC1CCNCC1. The molecule has 1 heterocycles. The normalized spacial score (nSPS) is 17.9. The van der Waals surface area contributed by atoms with Gasteiger partial charge in [-0.25, -0.2) is 0 Å². The molecule has 0 bridgehead atoms. The van der Waals surface area contributed by atoms with Crippen LogP contribution in [0.3, 0.4) is 0 Å². The van der Waals surface area contributed by atoms with Gasteiger partial charge in [0, 0.05) is 20.3 Å². The third-order valence-corrected chi connectivity index (χ3v) is 4.48. The number of nitrogen functional groups attached to an aromatic ring is 1. The number of halogens is 1. The van der Waals surface area contributed by atoms with E-state index >= 15 is 0 Å². The first-order chi connectivity index (χ1) is 7.25. The maximum absolute atomic E-state index is 5.97. The van der Waals surface area contributed by atoms with Gasteiger partial charge in [-0.1, -0.05) is 15.9 Å². The minimum absolute atomic E-state index is 0.717. The van der Waals surface area contributed by atoms with Crippen LogP contribution in [0.2, 0.25) is 0 Å². The Morgan fingerprint density at radius 1 is 1.33 bits per heavy atom. The molecule has 1 aromatic rings. The molecule has 0 radical (unpaired) electrons. The van der Waals surface area contributed by atoms with Gasteiger partial charge in [0.05, 0.1) is 0 Å². The van der Waals surface area contributed by atoms with Gasteiger partial charge < -0.3 is 11.1 Å². The van der Waals surface area contributed by atoms with Crippen LogP contribution in [-0.4, -0.2) is 18.3 Å². The number of nitrogens with one attached hydrogen (secondary N) is 1. The number of hydrogen-bond donors (Lipinski definition) is 2. The molecule has 0 aromatic heterocycles. The minimum Gasteiger partial charge on any atom is -0.398 e. The van der Waals surface area contributed by atoms with Gasteiger partial charge in [-0.05, 0) is 44.1 Å². The minimum atomic E-state index is 0.717. The zero-order valence-corrected chi connectivity index (χ0v) is 10.9. The Kier molecular flexibility index (Phi) is 3.94. The van der Waals surface area contributed by atoms with E-state index in [0.717, 1.165) is 28.5 Å². The summed E-state index contributed by atoms with van der Waals surface area (Å²) in [4.78, 5) is 1.21. The molecule has 82 valence electrons. The number of nitrogens with two attached hydrogens (primary N) is 1. The van der Waals surface area contributed by atoms with E-state index in [1.807, 2.05) is 17.8 Å². The van der Waals surface area contributed by atoms with Crippen LogP contribution in [0.5, 0.6) is 0 Å². The van der Waals surface area contributed by atoms with Gasteiger partial charge in [0.25, 0.3) is 0 Å². The summed E-state index contributed by atoms with van der Waals surface area (Å²) >= 11 is 5.34. The largest absolute Gasteiger partial charge is 0.398 e. The fourth-order valence-electron chi connectivity index (χ4n) is 1.72. The molecule has 0 spiro atoms. The number of rotatable bonds is 2. The average Bonchev–Trinajstić information content (AvgIpc) is 2.24. The molecule has 1 saturated heterocycles. The first-order valence-electron chi connectivity index (χ1n) is 5.18. The van der Waals surface area contributed by atoms with Gasteiger partial charge in [-0.2, -0.15) is 0 Å². The second-order valence-corrected chi connectivity index (χ2v) is 6.01. The maximum atomic E-state index is 5.97. The van der Waals surface area contributed by atoms with E-state index in [9.17, 15) is 0 Å². The molecule has 0 amide bonds. The first kappa shape index (κ1) is 11.3. The Labute approximate surface area is 103 Å². The van der Waals surface area contributed by atoms with Crippen molar-refractivity contribution in [1.29, 1.82) is 0 Å². The predicted octanol–water partition coefficient (Wildman–Crippen LogP) is 2.88. The lowest BCUT2D eigenvalue weighted by Crippen LogP contribution is -2.29. The molecule has 2 nitrogen and oxygen atoms in total. The van der Waals surface area contributed by atoms with Crippen LogP contribution in [0.4, 0.5) is 5.69 Å². The molecule has 1 aliphatic rings. The third kappa shape index (κ3) is 3.13. The van der Waals surface area contributed by atoms with E-state index in [4.69, 9.17) is 5.73 Å². The van der Waals surface area contributed by atoms with Crippen LogP contribution in [0, 0.1) is 0 Å². The summed E-state index contributed by atoms with van der Waals surface area (Å²) < 4.78 is 1.05. The summed E-state index contributed by atoms with van der Waals surface area (Å²) in [5.41, 5.74) is 6.85. The van der Waals surface area contributed by atoms with Crippen LogP contribution in [0.15, 0.2) is 27.6 Å². The van der Waals surface area contributed by atoms with Crippen molar-refractivity contribution in [2.75, 3.05) is 18.8 Å². The highest BCUT2D eigenvalue weighted by atomic mass is 79.9. The molecular weight excluding hydrogens is 272 g/mol. The number of benzene rings is 1. The summed E-state index contributed by atoms with van der Waals surface area (Å²) in [5.74, 6) is 0. The quantitative estimate of drug-likeness (QED) is 0.821. The number of piperidine rings is 1. The van der Waals surface area contributed by atoms with Crippen molar-refractivity contribution in [2.45, 2.75) is 23.0 Å². The lowest BCUT2D eigenvalue weighted by Gasteiger charge is -2.22. The molecule has 4 heteroatoms. The first-order valence-corrected chi connectivity index (χ1v) is 6.85. The fourth-order valence-corrected chi connectivity index (χ4v) is 3.27. The van der Waals surface area contributed by atoms with Gasteiger partial charge in [-0.3, -0.25) is 0 Å². The molecule has 2 rings (SSSR count). The second-order valence-electron chi connectivity index (χ2n) is 3.75. The smallest absolute Gasteiger partial charge is 0.0463 e. The van der Waals surface area contributed by atoms with Gasteiger partial charge in [0.2, 0.25) is 0 Å². The Morgan fingerprint density at radius 2 is 2.07 bits per heavy atom. The van der Waals surface area contributed by atoms with E-state index in [1.165, 1.54) is 17.7 Å². The van der Waals surface area contributed by atoms with E-state index in [0.29, 0.717) is 0 Å². The van der Waals surface area contributed by atoms with Crippen molar-refractivity contribution < 1.29 is 0 Å². The van der Waals surface area contributed by atoms with E-state index in [1.54, 1.807) is 0 Å². The number of hydrogen-bond acceptors (Lipinski definition) is 3. The highest BCUT2D eigenvalue weighted by Gasteiger charge is 2.15. The Bertz CT molecular complexity index is 337. The molecule has 1 aliphatic heterocycles. The van der Waals surface area contributed by atoms with Gasteiger partial charge in [0.1, 0.15) is 0 Å². The van der Waals surface area contributed by atoms with Crippen molar-refractivity contribution in [3.05, 3.63) is 22.7 Å². The van der Waals surface area contributed by atoms with E-state index < -0.39 is 0 Å². The van der Waals surface area contributed by atoms with Crippen molar-refractivity contribution in [2.24, 2.45) is 0 Å². The standard InChI is InChI=1S/C11H15BrN2S/c12-8-1-2-11(10(13)7-8)15-9-3-5-14-6-4-9/h1-2,7,9,14H,3-6,13H2. The van der Waals surface area contributed by atoms with Crippen LogP contribution < -0.4 is 11.1 Å². The summed E-state index contributed by atoms with van der Waals surface area (Å²) in [5, 5.41) is 4.09. The Hall–Kier alpha value is -0.190. The summed E-state index contributed by atoms with van der Waals surface area (Å²) in [6.07, 6.45) is 2.47. The van der Waals surface area contributed by atoms with Crippen molar-refractivity contribution in [3.8, 4) is 0 Å². The molecule has 3 N–H and O–H groups in total. The molecule has 0 atom stereocenters. The molecule has 15 heavy (non-hydrogen) atoms. The van der Waals surface area contributed by atoms with Crippen molar-refractivity contribution in [1.82, 2.24) is 5.32 Å². The maximum Gasteiger partial charge on any atom is 0.0463 e. The lowest BCUT2D eigenvalue weighted by atomic mass is 10.2. The highest BCUT2D eigenvalue weighted by Crippen LogP contribution is 2.33. The van der Waals surface area contributed by atoms with Crippen molar-refractivity contribution >= 4 is 33.4 Å². The molecule has 0 aliphatic carbocycles. The Morgan fingerprint density at radius 3 is 2.73 bits per heavy atom. The molecule has 1 fully saturated rings. The van der Waals surface area contributed by atoms with E-state index in [-0.39, 0.29) is 0 Å². The number of anilines is 1. The molecule has 0 unspecified atom stereocenters. The fraction of sp³-hybridized carbons (Fsp3) is 0.455. The predicted molar refractivity (Wildman–Crippen MR) is 70.3 cm³/mol. The number of thioether (sulfide) groups is 1. The Balaban J connectivity index is 2.03. The van der Waals surface area contributed by atoms with E-state index in [2.05, 4.69) is 33.4 Å². The zero-order valence-electron chi connectivity index (χ0n) is 8.50. The topological polar surface area (TPSA) is 38.0 Å².